The van der Waals surface area contributed by atoms with Crippen molar-refractivity contribution in [2.24, 2.45) is 0 Å². The fraction of sp³-hybridized carbons (Fsp3) is 0.174. The van der Waals surface area contributed by atoms with Gasteiger partial charge in [-0.15, -0.1) is 0 Å². The van der Waals surface area contributed by atoms with Gasteiger partial charge in [0.2, 0.25) is 15.9 Å². The molecule has 0 unspecified atom stereocenters. The molecular formula is C23H22N2O4S. The van der Waals surface area contributed by atoms with Gasteiger partial charge in [0.25, 0.3) is 0 Å². The van der Waals surface area contributed by atoms with Crippen molar-refractivity contribution >= 4 is 21.6 Å². The highest BCUT2D eigenvalue weighted by molar-refractivity contribution is 7.89. The summed E-state index contributed by atoms with van der Waals surface area (Å²) in [5.74, 6) is 0.448. The minimum absolute atomic E-state index is 0.165. The predicted molar refractivity (Wildman–Crippen MR) is 115 cm³/mol. The number of sulfonamides is 1. The summed E-state index contributed by atoms with van der Waals surface area (Å²) in [5, 5.41) is 2.89. The Labute approximate surface area is 176 Å². The van der Waals surface area contributed by atoms with Gasteiger partial charge in [0.05, 0.1) is 10.8 Å². The van der Waals surface area contributed by atoms with Gasteiger partial charge in [-0.3, -0.25) is 4.79 Å². The number of hydrogen-bond donors (Lipinski definition) is 1. The first kappa shape index (κ1) is 20.1. The van der Waals surface area contributed by atoms with Gasteiger partial charge in [-0.25, -0.2) is 12.7 Å². The first-order valence-electron chi connectivity index (χ1n) is 9.49. The van der Waals surface area contributed by atoms with Gasteiger partial charge in [-0.05, 0) is 36.8 Å². The summed E-state index contributed by atoms with van der Waals surface area (Å²) in [6.45, 7) is 1.73. The molecule has 4 rings (SSSR count). The lowest BCUT2D eigenvalue weighted by Gasteiger charge is -2.27. The predicted octanol–water partition coefficient (Wildman–Crippen LogP) is 4.12. The summed E-state index contributed by atoms with van der Waals surface area (Å²) in [6, 6.07) is 19.8. The zero-order valence-electron chi connectivity index (χ0n) is 16.9. The standard InChI is InChI=1S/C23H22N2O4S/c1-15-12-13-16(14-21(15)30(27,28)25(2)3)24-23(26)22-17-8-4-6-10-19(17)29-20-11-7-5-9-18(20)22/h4-14,22H,1-3H3,(H,24,26). The summed E-state index contributed by atoms with van der Waals surface area (Å²) in [7, 11) is -0.662. The molecule has 3 aromatic carbocycles. The lowest BCUT2D eigenvalue weighted by molar-refractivity contribution is -0.116. The van der Waals surface area contributed by atoms with Gasteiger partial charge < -0.3 is 10.1 Å². The van der Waals surface area contributed by atoms with E-state index in [9.17, 15) is 13.2 Å². The van der Waals surface area contributed by atoms with E-state index in [2.05, 4.69) is 5.32 Å². The minimum Gasteiger partial charge on any atom is -0.457 e. The number of amides is 1. The zero-order chi connectivity index (χ0) is 21.5. The molecule has 0 atom stereocenters. The van der Waals surface area contributed by atoms with E-state index in [4.69, 9.17) is 4.74 Å². The van der Waals surface area contributed by atoms with E-state index in [1.54, 1.807) is 19.1 Å². The molecule has 154 valence electrons. The Kier molecular flexibility index (Phi) is 5.09. The molecular weight excluding hydrogens is 400 g/mol. The Morgan fingerprint density at radius 2 is 1.50 bits per heavy atom. The highest BCUT2D eigenvalue weighted by Crippen LogP contribution is 2.44. The highest BCUT2D eigenvalue weighted by Gasteiger charge is 2.32. The van der Waals surface area contributed by atoms with E-state index >= 15 is 0 Å². The number of aryl methyl sites for hydroxylation is 1. The molecule has 0 saturated carbocycles. The first-order valence-corrected chi connectivity index (χ1v) is 10.9. The van der Waals surface area contributed by atoms with Crippen molar-refractivity contribution in [2.45, 2.75) is 17.7 Å². The highest BCUT2D eigenvalue weighted by atomic mass is 32.2. The van der Waals surface area contributed by atoms with Crippen LogP contribution in [0, 0.1) is 6.92 Å². The van der Waals surface area contributed by atoms with E-state index in [-0.39, 0.29) is 10.8 Å². The molecule has 0 saturated heterocycles. The Morgan fingerprint density at radius 3 is 2.07 bits per heavy atom. The van der Waals surface area contributed by atoms with Crippen LogP contribution in [0.5, 0.6) is 11.5 Å². The second kappa shape index (κ2) is 7.59. The molecule has 6 nitrogen and oxygen atoms in total. The van der Waals surface area contributed by atoms with Gasteiger partial charge >= 0.3 is 0 Å². The Balaban J connectivity index is 1.72. The number of benzene rings is 3. The molecule has 1 heterocycles. The van der Waals surface area contributed by atoms with Crippen molar-refractivity contribution in [3.8, 4) is 11.5 Å². The third-order valence-electron chi connectivity index (χ3n) is 5.16. The molecule has 3 aromatic rings. The van der Waals surface area contributed by atoms with Crippen molar-refractivity contribution in [3.05, 3.63) is 83.4 Å². The number of nitrogens with one attached hydrogen (secondary N) is 1. The number of carbonyl (C=O) groups excluding carboxylic acids is 1. The molecule has 0 spiro atoms. The molecule has 0 bridgehead atoms. The molecule has 1 amide bonds. The average Bonchev–Trinajstić information content (AvgIpc) is 2.73. The van der Waals surface area contributed by atoms with Crippen LogP contribution >= 0.6 is 0 Å². The Morgan fingerprint density at radius 1 is 0.933 bits per heavy atom. The summed E-state index contributed by atoms with van der Waals surface area (Å²) >= 11 is 0. The summed E-state index contributed by atoms with van der Waals surface area (Å²) in [6.07, 6.45) is 0. The number of nitrogens with zero attached hydrogens (tertiary/aromatic N) is 1. The topological polar surface area (TPSA) is 75.7 Å². The molecule has 1 aliphatic heterocycles. The second-order valence-corrected chi connectivity index (χ2v) is 9.49. The van der Waals surface area contributed by atoms with E-state index in [1.165, 1.54) is 20.2 Å². The van der Waals surface area contributed by atoms with Crippen molar-refractivity contribution in [1.29, 1.82) is 0 Å². The van der Waals surface area contributed by atoms with Crippen LogP contribution in [0.4, 0.5) is 5.69 Å². The third-order valence-corrected chi connectivity index (χ3v) is 7.11. The van der Waals surface area contributed by atoms with Crippen molar-refractivity contribution in [2.75, 3.05) is 19.4 Å². The number of para-hydroxylation sites is 2. The second-order valence-electron chi connectivity index (χ2n) is 7.37. The quantitative estimate of drug-likeness (QED) is 0.686. The van der Waals surface area contributed by atoms with Crippen LogP contribution < -0.4 is 10.1 Å². The van der Waals surface area contributed by atoms with Gasteiger partial charge in [0.15, 0.2) is 0 Å². The number of fused-ring (bicyclic) bond motifs is 2. The maximum absolute atomic E-state index is 13.3. The lowest BCUT2D eigenvalue weighted by Crippen LogP contribution is -2.26. The third kappa shape index (κ3) is 3.46. The van der Waals surface area contributed by atoms with Crippen molar-refractivity contribution < 1.29 is 17.9 Å². The summed E-state index contributed by atoms with van der Waals surface area (Å²) in [4.78, 5) is 13.5. The van der Waals surface area contributed by atoms with E-state index < -0.39 is 15.9 Å². The van der Waals surface area contributed by atoms with Gasteiger partial charge in [-0.2, -0.15) is 0 Å². The van der Waals surface area contributed by atoms with Gasteiger partial charge in [-0.1, -0.05) is 42.5 Å². The van der Waals surface area contributed by atoms with E-state index in [0.717, 1.165) is 15.4 Å². The van der Waals surface area contributed by atoms with Crippen LogP contribution in [0.25, 0.3) is 0 Å². The van der Waals surface area contributed by atoms with Crippen molar-refractivity contribution in [1.82, 2.24) is 4.31 Å². The van der Waals surface area contributed by atoms with Crippen LogP contribution in [0.15, 0.2) is 71.6 Å². The van der Waals surface area contributed by atoms with E-state index in [0.29, 0.717) is 22.7 Å². The fourth-order valence-electron chi connectivity index (χ4n) is 3.56. The molecule has 1 aliphatic rings. The number of ether oxygens (including phenoxy) is 1. The maximum Gasteiger partial charge on any atom is 0.242 e. The van der Waals surface area contributed by atoms with Crippen molar-refractivity contribution in [3.63, 3.8) is 0 Å². The molecule has 0 radical (unpaired) electrons. The first-order chi connectivity index (χ1) is 14.3. The van der Waals surface area contributed by atoms with Crippen LogP contribution in [0.3, 0.4) is 0 Å². The molecule has 1 N–H and O–H groups in total. The van der Waals surface area contributed by atoms with Gasteiger partial charge in [0.1, 0.15) is 11.5 Å². The summed E-state index contributed by atoms with van der Waals surface area (Å²) < 4.78 is 32.3. The number of anilines is 1. The monoisotopic (exact) mass is 422 g/mol. The minimum atomic E-state index is -3.63. The molecule has 7 heteroatoms. The maximum atomic E-state index is 13.3. The molecule has 0 aromatic heterocycles. The smallest absolute Gasteiger partial charge is 0.242 e. The van der Waals surface area contributed by atoms with Crippen LogP contribution in [0.2, 0.25) is 0 Å². The SMILES string of the molecule is Cc1ccc(NC(=O)C2c3ccccc3Oc3ccccc32)cc1S(=O)(=O)N(C)C. The molecule has 0 aliphatic carbocycles. The summed E-state index contributed by atoms with van der Waals surface area (Å²) in [5.41, 5.74) is 2.57. The number of carbonyl (C=O) groups is 1. The number of rotatable bonds is 4. The lowest BCUT2D eigenvalue weighted by atomic mass is 9.87. The number of hydrogen-bond acceptors (Lipinski definition) is 4. The van der Waals surface area contributed by atoms with E-state index in [1.807, 2.05) is 48.5 Å². The zero-order valence-corrected chi connectivity index (χ0v) is 17.7. The normalized spacial score (nSPS) is 13.3. The largest absolute Gasteiger partial charge is 0.457 e. The Bertz CT molecular complexity index is 1190. The van der Waals surface area contributed by atoms with Gasteiger partial charge in [0, 0.05) is 30.9 Å². The molecule has 0 fully saturated rings. The van der Waals surface area contributed by atoms with Crippen LogP contribution in [-0.2, 0) is 14.8 Å². The fourth-order valence-corrected chi connectivity index (χ4v) is 4.70. The molecule has 30 heavy (non-hydrogen) atoms. The average molecular weight is 423 g/mol. The van der Waals surface area contributed by atoms with Crippen LogP contribution in [0.1, 0.15) is 22.6 Å². The Hall–Kier alpha value is -3.16. The van der Waals surface area contributed by atoms with Crippen LogP contribution in [-0.4, -0.2) is 32.7 Å².